The number of anilines is 3. The molecule has 7 heteroatoms. The van der Waals surface area contributed by atoms with Crippen LogP contribution in [0.1, 0.15) is 26.7 Å². The number of nitrogens with one attached hydrogen (secondary N) is 2. The van der Waals surface area contributed by atoms with Gasteiger partial charge in [-0.3, -0.25) is 14.4 Å². The quantitative estimate of drug-likeness (QED) is 0.719. The van der Waals surface area contributed by atoms with Crippen LogP contribution in [0.5, 0.6) is 5.75 Å². The summed E-state index contributed by atoms with van der Waals surface area (Å²) >= 11 is 0. The Kier molecular flexibility index (Phi) is 5.93. The van der Waals surface area contributed by atoms with Crippen LogP contribution in [-0.2, 0) is 14.4 Å². The van der Waals surface area contributed by atoms with E-state index in [0.717, 1.165) is 6.42 Å². The minimum Gasteiger partial charge on any atom is -0.494 e. The Morgan fingerprint density at radius 3 is 2.32 bits per heavy atom. The van der Waals surface area contributed by atoms with E-state index >= 15 is 0 Å². The van der Waals surface area contributed by atoms with Gasteiger partial charge in [-0.25, -0.2) is 4.90 Å². The highest BCUT2D eigenvalue weighted by molar-refractivity contribution is 6.23. The average molecular weight is 381 g/mol. The molecule has 1 atom stereocenters. The highest BCUT2D eigenvalue weighted by Crippen LogP contribution is 2.27. The van der Waals surface area contributed by atoms with E-state index in [0.29, 0.717) is 29.4 Å². The van der Waals surface area contributed by atoms with E-state index in [1.165, 1.54) is 11.8 Å². The fraction of sp³-hybridized carbons (Fsp3) is 0.286. The van der Waals surface area contributed by atoms with Crippen LogP contribution in [0.2, 0.25) is 0 Å². The van der Waals surface area contributed by atoms with Crippen LogP contribution in [0.25, 0.3) is 0 Å². The number of hydrogen-bond acceptors (Lipinski definition) is 5. The molecule has 0 bridgehead atoms. The van der Waals surface area contributed by atoms with E-state index in [1.807, 2.05) is 6.92 Å². The van der Waals surface area contributed by atoms with Gasteiger partial charge in [0.05, 0.1) is 18.7 Å². The summed E-state index contributed by atoms with van der Waals surface area (Å²) in [6, 6.07) is 13.3. The number of imide groups is 1. The molecule has 146 valence electrons. The predicted octanol–water partition coefficient (Wildman–Crippen LogP) is 3.18. The Morgan fingerprint density at radius 2 is 1.71 bits per heavy atom. The van der Waals surface area contributed by atoms with Gasteiger partial charge in [-0.15, -0.1) is 0 Å². The number of benzene rings is 2. The Balaban J connectivity index is 1.67. The van der Waals surface area contributed by atoms with Crippen LogP contribution in [0.15, 0.2) is 48.5 Å². The Hall–Kier alpha value is -3.35. The zero-order valence-electron chi connectivity index (χ0n) is 15.9. The first-order chi connectivity index (χ1) is 13.5. The number of rotatable bonds is 7. The van der Waals surface area contributed by atoms with Crippen LogP contribution < -0.4 is 20.3 Å². The predicted molar refractivity (Wildman–Crippen MR) is 107 cm³/mol. The fourth-order valence-corrected chi connectivity index (χ4v) is 2.98. The summed E-state index contributed by atoms with van der Waals surface area (Å²) in [6.45, 7) is 4.08. The maximum absolute atomic E-state index is 12.7. The van der Waals surface area contributed by atoms with Crippen molar-refractivity contribution < 1.29 is 19.1 Å². The summed E-state index contributed by atoms with van der Waals surface area (Å²) in [4.78, 5) is 37.4. The Bertz CT molecular complexity index is 862. The summed E-state index contributed by atoms with van der Waals surface area (Å²) < 4.78 is 5.53. The number of ether oxygens (including phenoxy) is 1. The third-order valence-electron chi connectivity index (χ3n) is 4.26. The van der Waals surface area contributed by atoms with Crippen LogP contribution in [-0.4, -0.2) is 30.4 Å². The minimum atomic E-state index is -0.630. The van der Waals surface area contributed by atoms with Gasteiger partial charge in [-0.05, 0) is 55.0 Å². The first kappa shape index (κ1) is 19.4. The van der Waals surface area contributed by atoms with Crippen LogP contribution in [0.3, 0.4) is 0 Å². The van der Waals surface area contributed by atoms with E-state index in [1.54, 1.807) is 48.5 Å². The SMILES string of the molecule is CCCOc1ccc(N2C(=O)C[C@@H](Nc3ccc(NC(C)=O)cc3)C2=O)cc1. The lowest BCUT2D eigenvalue weighted by Gasteiger charge is -2.17. The maximum Gasteiger partial charge on any atom is 0.256 e. The minimum absolute atomic E-state index is 0.0837. The molecule has 2 aromatic carbocycles. The van der Waals surface area contributed by atoms with Gasteiger partial charge >= 0.3 is 0 Å². The molecule has 3 amide bonds. The van der Waals surface area contributed by atoms with Gasteiger partial charge in [0.15, 0.2) is 0 Å². The van der Waals surface area contributed by atoms with Gasteiger partial charge in [-0.1, -0.05) is 6.92 Å². The number of nitrogens with zero attached hydrogens (tertiary/aromatic N) is 1. The molecule has 2 aromatic rings. The van der Waals surface area contributed by atoms with Crippen molar-refractivity contribution in [3.05, 3.63) is 48.5 Å². The van der Waals surface area contributed by atoms with Crippen LogP contribution in [0, 0.1) is 0 Å². The fourth-order valence-electron chi connectivity index (χ4n) is 2.98. The molecule has 0 spiro atoms. The summed E-state index contributed by atoms with van der Waals surface area (Å²) in [5.74, 6) is 0.00965. The van der Waals surface area contributed by atoms with Gasteiger partial charge < -0.3 is 15.4 Å². The van der Waals surface area contributed by atoms with Gasteiger partial charge in [0, 0.05) is 18.3 Å². The summed E-state index contributed by atoms with van der Waals surface area (Å²) in [7, 11) is 0. The highest BCUT2D eigenvalue weighted by Gasteiger charge is 2.39. The first-order valence-electron chi connectivity index (χ1n) is 9.21. The van der Waals surface area contributed by atoms with E-state index in [2.05, 4.69) is 10.6 Å². The van der Waals surface area contributed by atoms with Crippen molar-refractivity contribution in [3.63, 3.8) is 0 Å². The van der Waals surface area contributed by atoms with E-state index in [4.69, 9.17) is 4.74 Å². The lowest BCUT2D eigenvalue weighted by Crippen LogP contribution is -2.34. The molecule has 1 saturated heterocycles. The molecule has 0 radical (unpaired) electrons. The lowest BCUT2D eigenvalue weighted by atomic mass is 10.2. The lowest BCUT2D eigenvalue weighted by molar-refractivity contribution is -0.121. The second-order valence-corrected chi connectivity index (χ2v) is 6.57. The molecule has 1 aliphatic heterocycles. The topological polar surface area (TPSA) is 87.7 Å². The Morgan fingerprint density at radius 1 is 1.07 bits per heavy atom. The molecule has 0 unspecified atom stereocenters. The second-order valence-electron chi connectivity index (χ2n) is 6.57. The van der Waals surface area contributed by atoms with Crippen molar-refractivity contribution in [1.82, 2.24) is 0 Å². The largest absolute Gasteiger partial charge is 0.494 e. The first-order valence-corrected chi connectivity index (χ1v) is 9.21. The van der Waals surface area contributed by atoms with E-state index in [-0.39, 0.29) is 24.1 Å². The van der Waals surface area contributed by atoms with Crippen molar-refractivity contribution >= 4 is 34.8 Å². The van der Waals surface area contributed by atoms with Crippen molar-refractivity contribution in [2.24, 2.45) is 0 Å². The number of carbonyl (C=O) groups excluding carboxylic acids is 3. The molecular weight excluding hydrogens is 358 g/mol. The number of amides is 3. The van der Waals surface area contributed by atoms with Crippen molar-refractivity contribution in [3.8, 4) is 5.75 Å². The normalized spacial score (nSPS) is 16.2. The molecule has 28 heavy (non-hydrogen) atoms. The maximum atomic E-state index is 12.7. The van der Waals surface area contributed by atoms with E-state index < -0.39 is 6.04 Å². The highest BCUT2D eigenvalue weighted by atomic mass is 16.5. The molecule has 1 heterocycles. The monoisotopic (exact) mass is 381 g/mol. The summed E-state index contributed by atoms with van der Waals surface area (Å²) in [6.07, 6.45) is 0.990. The molecule has 7 nitrogen and oxygen atoms in total. The van der Waals surface area contributed by atoms with E-state index in [9.17, 15) is 14.4 Å². The van der Waals surface area contributed by atoms with Gasteiger partial charge in [0.25, 0.3) is 5.91 Å². The smallest absolute Gasteiger partial charge is 0.256 e. The molecule has 1 fully saturated rings. The summed E-state index contributed by atoms with van der Waals surface area (Å²) in [5.41, 5.74) is 1.90. The van der Waals surface area contributed by atoms with Crippen molar-refractivity contribution in [1.29, 1.82) is 0 Å². The number of carbonyl (C=O) groups is 3. The molecule has 2 N–H and O–H groups in total. The van der Waals surface area contributed by atoms with Gasteiger partial charge in [0.2, 0.25) is 11.8 Å². The van der Waals surface area contributed by atoms with Crippen LogP contribution >= 0.6 is 0 Å². The molecule has 1 aliphatic rings. The molecule has 0 saturated carbocycles. The zero-order chi connectivity index (χ0) is 20.1. The van der Waals surface area contributed by atoms with Crippen molar-refractivity contribution in [2.45, 2.75) is 32.7 Å². The molecule has 3 rings (SSSR count). The second kappa shape index (κ2) is 8.56. The van der Waals surface area contributed by atoms with Crippen molar-refractivity contribution in [2.75, 3.05) is 22.1 Å². The zero-order valence-corrected chi connectivity index (χ0v) is 15.9. The molecule has 0 aromatic heterocycles. The standard InChI is InChI=1S/C21H23N3O4/c1-3-12-28-18-10-8-17(9-11-18)24-20(26)13-19(21(24)27)23-16-6-4-15(5-7-16)22-14(2)25/h4-11,19,23H,3,12-13H2,1-2H3,(H,22,25)/t19-/m1/s1. The Labute approximate surface area is 163 Å². The average Bonchev–Trinajstić information content (AvgIpc) is 2.95. The third kappa shape index (κ3) is 4.49. The van der Waals surface area contributed by atoms with Gasteiger partial charge in [-0.2, -0.15) is 0 Å². The molecule has 0 aliphatic carbocycles. The summed E-state index contributed by atoms with van der Waals surface area (Å²) in [5, 5.41) is 5.77. The van der Waals surface area contributed by atoms with Crippen LogP contribution in [0.4, 0.5) is 17.1 Å². The molecular formula is C21H23N3O4. The van der Waals surface area contributed by atoms with Gasteiger partial charge in [0.1, 0.15) is 11.8 Å². The third-order valence-corrected chi connectivity index (χ3v) is 4.26. The number of hydrogen-bond donors (Lipinski definition) is 2.